The Morgan fingerprint density at radius 1 is 1.19 bits per heavy atom. The third kappa shape index (κ3) is 4.91. The number of aryl methyl sites for hydroxylation is 3. The lowest BCUT2D eigenvalue weighted by molar-refractivity contribution is -0.137. The predicted molar refractivity (Wildman–Crippen MR) is 137 cm³/mol. The Morgan fingerprint density at radius 3 is 2.78 bits per heavy atom. The number of imidazole rings is 1. The van der Waals surface area contributed by atoms with Crippen LogP contribution < -0.4 is 0 Å². The summed E-state index contributed by atoms with van der Waals surface area (Å²) < 4.78 is 9.48. The molecule has 2 aromatic carbocycles. The first kappa shape index (κ1) is 24.2. The quantitative estimate of drug-likeness (QED) is 0.396. The van der Waals surface area contributed by atoms with Gasteiger partial charge in [0.2, 0.25) is 0 Å². The van der Waals surface area contributed by atoms with Gasteiger partial charge in [-0.3, -0.25) is 4.79 Å². The number of carbonyl (C=O) groups is 1. The molecule has 1 aliphatic rings. The Labute approximate surface area is 210 Å². The highest BCUT2D eigenvalue weighted by Crippen LogP contribution is 2.34. The zero-order valence-corrected chi connectivity index (χ0v) is 21.1. The zero-order chi connectivity index (χ0) is 25.2. The number of hydrogen-bond acceptors (Lipinski definition) is 5. The summed E-state index contributed by atoms with van der Waals surface area (Å²) in [5, 5.41) is 18.2. The molecule has 1 fully saturated rings. The average Bonchev–Trinajstić information content (AvgIpc) is 3.46. The van der Waals surface area contributed by atoms with Crippen LogP contribution in [-0.2, 0) is 29.5 Å². The van der Waals surface area contributed by atoms with Gasteiger partial charge in [0.1, 0.15) is 11.3 Å². The SMILES string of the molecule is Cc1ccc(C(CC(=O)O)c2ccc3c(nnn3C)c2C)cc1Cn1ccnc1CC1CCOCC1. The van der Waals surface area contributed by atoms with Crippen LogP contribution in [0.1, 0.15) is 58.8 Å². The van der Waals surface area contributed by atoms with E-state index in [2.05, 4.69) is 45.0 Å². The van der Waals surface area contributed by atoms with Crippen LogP contribution in [0.4, 0.5) is 0 Å². The number of nitrogens with zero attached hydrogens (tertiary/aromatic N) is 5. The van der Waals surface area contributed by atoms with Crippen molar-refractivity contribution >= 4 is 17.0 Å². The summed E-state index contributed by atoms with van der Waals surface area (Å²) in [7, 11) is 1.86. The zero-order valence-electron chi connectivity index (χ0n) is 21.1. The van der Waals surface area contributed by atoms with Crippen LogP contribution in [0.25, 0.3) is 11.0 Å². The molecule has 0 bridgehead atoms. The van der Waals surface area contributed by atoms with Gasteiger partial charge in [-0.2, -0.15) is 0 Å². The molecule has 1 aliphatic heterocycles. The number of fused-ring (bicyclic) bond motifs is 1. The van der Waals surface area contributed by atoms with Crippen LogP contribution in [0.5, 0.6) is 0 Å². The molecular weight excluding hydrogens is 454 g/mol. The lowest BCUT2D eigenvalue weighted by atomic mass is 9.84. The van der Waals surface area contributed by atoms with Crippen LogP contribution >= 0.6 is 0 Å². The first-order valence-corrected chi connectivity index (χ1v) is 12.6. The minimum Gasteiger partial charge on any atom is -0.481 e. The van der Waals surface area contributed by atoms with E-state index in [9.17, 15) is 9.90 Å². The maximum Gasteiger partial charge on any atom is 0.304 e. The van der Waals surface area contributed by atoms with E-state index in [1.807, 2.05) is 38.5 Å². The molecular formula is C28H33N5O3. The minimum atomic E-state index is -0.825. The minimum absolute atomic E-state index is 0.00911. The van der Waals surface area contributed by atoms with Gasteiger partial charge in [-0.1, -0.05) is 29.5 Å². The fourth-order valence-corrected chi connectivity index (χ4v) is 5.35. The molecule has 4 aromatic rings. The van der Waals surface area contributed by atoms with Gasteiger partial charge in [0.25, 0.3) is 0 Å². The van der Waals surface area contributed by atoms with Gasteiger partial charge < -0.3 is 14.4 Å². The average molecular weight is 488 g/mol. The van der Waals surface area contributed by atoms with Crippen molar-refractivity contribution in [1.82, 2.24) is 24.5 Å². The van der Waals surface area contributed by atoms with Gasteiger partial charge in [0, 0.05) is 51.5 Å². The molecule has 8 nitrogen and oxygen atoms in total. The Kier molecular flexibility index (Phi) is 6.87. The number of rotatable bonds is 8. The van der Waals surface area contributed by atoms with Crippen LogP contribution in [0, 0.1) is 19.8 Å². The summed E-state index contributed by atoms with van der Waals surface area (Å²) in [5.41, 5.74) is 7.05. The third-order valence-corrected chi connectivity index (χ3v) is 7.56. The highest BCUT2D eigenvalue weighted by molar-refractivity contribution is 5.80. The third-order valence-electron chi connectivity index (χ3n) is 7.56. The van der Waals surface area contributed by atoms with E-state index in [1.165, 1.54) is 11.1 Å². The van der Waals surface area contributed by atoms with Crippen LogP contribution in [0.3, 0.4) is 0 Å². The second-order valence-electron chi connectivity index (χ2n) is 9.93. The molecule has 1 unspecified atom stereocenters. The van der Waals surface area contributed by atoms with E-state index in [0.29, 0.717) is 12.5 Å². The van der Waals surface area contributed by atoms with Crippen LogP contribution in [0.2, 0.25) is 0 Å². The summed E-state index contributed by atoms with van der Waals surface area (Å²) in [5.74, 6) is 0.593. The summed E-state index contributed by atoms with van der Waals surface area (Å²) in [6, 6.07) is 10.3. The fraction of sp³-hybridized carbons (Fsp3) is 0.429. The molecule has 0 spiro atoms. The topological polar surface area (TPSA) is 95.1 Å². The molecule has 0 radical (unpaired) electrons. The summed E-state index contributed by atoms with van der Waals surface area (Å²) in [6.07, 6.45) is 7.03. The first-order chi connectivity index (χ1) is 17.4. The van der Waals surface area contributed by atoms with Crippen molar-refractivity contribution in [3.8, 4) is 0 Å². The summed E-state index contributed by atoms with van der Waals surface area (Å²) in [6.45, 7) is 6.48. The fourth-order valence-electron chi connectivity index (χ4n) is 5.35. The molecule has 3 heterocycles. The van der Waals surface area contributed by atoms with Crippen molar-refractivity contribution in [3.05, 3.63) is 76.4 Å². The van der Waals surface area contributed by atoms with Crippen molar-refractivity contribution in [2.75, 3.05) is 13.2 Å². The molecule has 1 atom stereocenters. The molecule has 8 heteroatoms. The molecule has 1 saturated heterocycles. The standard InChI is InChI=1S/C28H33N5O3/c1-18-4-5-21(15-22(18)17-33-11-10-29-26(33)14-20-8-12-36-13-9-20)24(16-27(34)35)23-6-7-25-28(19(23)2)30-31-32(25)3/h4-7,10-11,15,20,24H,8-9,12-14,16-17H2,1-3H3,(H,34,35). The summed E-state index contributed by atoms with van der Waals surface area (Å²) in [4.78, 5) is 16.6. The van der Waals surface area contributed by atoms with Crippen molar-refractivity contribution in [2.45, 2.75) is 52.0 Å². The molecule has 188 valence electrons. The van der Waals surface area contributed by atoms with Crippen molar-refractivity contribution in [3.63, 3.8) is 0 Å². The van der Waals surface area contributed by atoms with Crippen molar-refractivity contribution in [2.24, 2.45) is 13.0 Å². The van der Waals surface area contributed by atoms with E-state index in [4.69, 9.17) is 4.74 Å². The van der Waals surface area contributed by atoms with E-state index in [1.54, 1.807) is 4.68 Å². The van der Waals surface area contributed by atoms with Crippen LogP contribution in [-0.4, -0.2) is 48.8 Å². The normalized spacial score (nSPS) is 15.4. The molecule has 0 aliphatic carbocycles. The number of carboxylic acids is 1. The number of aromatic nitrogens is 5. The number of hydrogen-bond donors (Lipinski definition) is 1. The van der Waals surface area contributed by atoms with Crippen LogP contribution in [0.15, 0.2) is 42.7 Å². The summed E-state index contributed by atoms with van der Waals surface area (Å²) >= 11 is 0. The molecule has 5 rings (SSSR count). The number of carboxylic acid groups (broad SMARTS) is 1. The van der Waals surface area contributed by atoms with Gasteiger partial charge in [-0.05, 0) is 66.5 Å². The van der Waals surface area contributed by atoms with Gasteiger partial charge >= 0.3 is 5.97 Å². The second-order valence-corrected chi connectivity index (χ2v) is 9.93. The lowest BCUT2D eigenvalue weighted by Gasteiger charge is -2.22. The van der Waals surface area contributed by atoms with E-state index >= 15 is 0 Å². The largest absolute Gasteiger partial charge is 0.481 e. The highest BCUT2D eigenvalue weighted by atomic mass is 16.5. The Bertz CT molecular complexity index is 1380. The van der Waals surface area contributed by atoms with E-state index in [-0.39, 0.29) is 12.3 Å². The first-order valence-electron chi connectivity index (χ1n) is 12.6. The van der Waals surface area contributed by atoms with E-state index in [0.717, 1.165) is 66.0 Å². The Balaban J connectivity index is 1.47. The number of aliphatic carboxylic acids is 1. The number of ether oxygens (including phenoxy) is 1. The maximum absolute atomic E-state index is 11.9. The van der Waals surface area contributed by atoms with Crippen molar-refractivity contribution < 1.29 is 14.6 Å². The Morgan fingerprint density at radius 2 is 2.00 bits per heavy atom. The molecule has 0 saturated carbocycles. The van der Waals surface area contributed by atoms with Crippen molar-refractivity contribution in [1.29, 1.82) is 0 Å². The predicted octanol–water partition coefficient (Wildman–Crippen LogP) is 4.41. The smallest absolute Gasteiger partial charge is 0.304 e. The molecule has 2 aromatic heterocycles. The van der Waals surface area contributed by atoms with Gasteiger partial charge in [0.05, 0.1) is 11.9 Å². The molecule has 1 N–H and O–H groups in total. The van der Waals surface area contributed by atoms with Gasteiger partial charge in [-0.15, -0.1) is 5.10 Å². The van der Waals surface area contributed by atoms with E-state index < -0.39 is 5.97 Å². The monoisotopic (exact) mass is 487 g/mol. The Hall–Kier alpha value is -3.52. The van der Waals surface area contributed by atoms with Gasteiger partial charge in [0.15, 0.2) is 0 Å². The molecule has 36 heavy (non-hydrogen) atoms. The number of benzene rings is 2. The second kappa shape index (κ2) is 10.2. The lowest BCUT2D eigenvalue weighted by Crippen LogP contribution is -2.19. The maximum atomic E-state index is 11.9. The van der Waals surface area contributed by atoms with Gasteiger partial charge in [-0.25, -0.2) is 9.67 Å². The highest BCUT2D eigenvalue weighted by Gasteiger charge is 2.23. The molecule has 0 amide bonds.